The Morgan fingerprint density at radius 1 is 1.00 bits per heavy atom. The minimum Gasteiger partial charge on any atom is -0.497 e. The molecule has 0 saturated carbocycles. The SMILES string of the molecule is CCCCCCCOC(=O)[C@@H](C)c1ccc2cc(OC)ccc2c1. The van der Waals surface area contributed by atoms with Crippen molar-refractivity contribution in [2.75, 3.05) is 13.7 Å². The van der Waals surface area contributed by atoms with Crippen LogP contribution in [-0.2, 0) is 9.53 Å². The summed E-state index contributed by atoms with van der Waals surface area (Å²) < 4.78 is 10.7. The Bertz CT molecular complexity index is 663. The largest absolute Gasteiger partial charge is 0.497 e. The van der Waals surface area contributed by atoms with E-state index in [4.69, 9.17) is 9.47 Å². The lowest BCUT2D eigenvalue weighted by molar-refractivity contribution is -0.145. The zero-order chi connectivity index (χ0) is 17.4. The van der Waals surface area contributed by atoms with E-state index in [0.29, 0.717) is 6.61 Å². The molecule has 0 heterocycles. The van der Waals surface area contributed by atoms with E-state index in [9.17, 15) is 4.79 Å². The first-order chi connectivity index (χ1) is 11.7. The van der Waals surface area contributed by atoms with E-state index in [2.05, 4.69) is 13.0 Å². The highest BCUT2D eigenvalue weighted by atomic mass is 16.5. The maximum atomic E-state index is 12.2. The van der Waals surface area contributed by atoms with E-state index in [1.54, 1.807) is 7.11 Å². The van der Waals surface area contributed by atoms with Crippen molar-refractivity contribution >= 4 is 16.7 Å². The number of methoxy groups -OCH3 is 1. The number of carbonyl (C=O) groups excluding carboxylic acids is 1. The molecule has 0 N–H and O–H groups in total. The number of esters is 1. The monoisotopic (exact) mass is 328 g/mol. The average Bonchev–Trinajstić information content (AvgIpc) is 2.62. The van der Waals surface area contributed by atoms with E-state index in [0.717, 1.165) is 34.9 Å². The van der Waals surface area contributed by atoms with Crippen LogP contribution in [0.1, 0.15) is 57.4 Å². The quantitative estimate of drug-likeness (QED) is 0.452. The van der Waals surface area contributed by atoms with Gasteiger partial charge in [-0.05, 0) is 41.8 Å². The number of benzene rings is 2. The highest BCUT2D eigenvalue weighted by Crippen LogP contribution is 2.25. The van der Waals surface area contributed by atoms with Crippen molar-refractivity contribution in [2.45, 2.75) is 51.9 Å². The van der Waals surface area contributed by atoms with Gasteiger partial charge in [0.25, 0.3) is 0 Å². The third-order valence-electron chi connectivity index (χ3n) is 4.42. The van der Waals surface area contributed by atoms with Crippen molar-refractivity contribution in [3.05, 3.63) is 42.0 Å². The van der Waals surface area contributed by atoms with Gasteiger partial charge in [-0.25, -0.2) is 0 Å². The van der Waals surface area contributed by atoms with Gasteiger partial charge in [0.2, 0.25) is 0 Å². The van der Waals surface area contributed by atoms with Crippen LogP contribution in [0.5, 0.6) is 5.75 Å². The molecule has 0 fully saturated rings. The zero-order valence-corrected chi connectivity index (χ0v) is 15.0. The van der Waals surface area contributed by atoms with Gasteiger partial charge in [0.15, 0.2) is 0 Å². The number of ether oxygens (including phenoxy) is 2. The van der Waals surface area contributed by atoms with Gasteiger partial charge in [0, 0.05) is 0 Å². The van der Waals surface area contributed by atoms with Crippen LogP contribution in [0, 0.1) is 0 Å². The van der Waals surface area contributed by atoms with Crippen LogP contribution >= 0.6 is 0 Å². The normalized spacial score (nSPS) is 12.1. The molecular weight excluding hydrogens is 300 g/mol. The Morgan fingerprint density at radius 3 is 2.46 bits per heavy atom. The Hall–Kier alpha value is -2.03. The second-order valence-electron chi connectivity index (χ2n) is 6.28. The average molecular weight is 328 g/mol. The van der Waals surface area contributed by atoms with Gasteiger partial charge < -0.3 is 9.47 Å². The molecule has 3 nitrogen and oxygen atoms in total. The maximum Gasteiger partial charge on any atom is 0.313 e. The highest BCUT2D eigenvalue weighted by Gasteiger charge is 2.17. The molecule has 2 rings (SSSR count). The maximum absolute atomic E-state index is 12.2. The van der Waals surface area contributed by atoms with E-state index >= 15 is 0 Å². The Labute approximate surface area is 145 Å². The summed E-state index contributed by atoms with van der Waals surface area (Å²) in [7, 11) is 1.66. The van der Waals surface area contributed by atoms with Crippen molar-refractivity contribution in [3.63, 3.8) is 0 Å². The van der Waals surface area contributed by atoms with Crippen molar-refractivity contribution in [1.29, 1.82) is 0 Å². The second-order valence-corrected chi connectivity index (χ2v) is 6.28. The molecule has 0 aromatic heterocycles. The molecule has 2 aromatic carbocycles. The third kappa shape index (κ3) is 4.98. The van der Waals surface area contributed by atoms with E-state index in [1.807, 2.05) is 37.3 Å². The van der Waals surface area contributed by atoms with Crippen LogP contribution in [0.4, 0.5) is 0 Å². The summed E-state index contributed by atoms with van der Waals surface area (Å²) in [5, 5.41) is 2.21. The van der Waals surface area contributed by atoms with Gasteiger partial charge >= 0.3 is 5.97 Å². The fourth-order valence-electron chi connectivity index (χ4n) is 2.78. The van der Waals surface area contributed by atoms with Crippen LogP contribution in [0.15, 0.2) is 36.4 Å². The van der Waals surface area contributed by atoms with Crippen molar-refractivity contribution in [2.24, 2.45) is 0 Å². The zero-order valence-electron chi connectivity index (χ0n) is 15.0. The standard InChI is InChI=1S/C21H28O3/c1-4-5-6-7-8-13-24-21(22)16(2)17-9-10-19-15-20(23-3)12-11-18(19)14-17/h9-12,14-16H,4-8,13H2,1-3H3/t16-/m0/s1. The van der Waals surface area contributed by atoms with Crippen molar-refractivity contribution in [3.8, 4) is 5.75 Å². The van der Waals surface area contributed by atoms with Gasteiger partial charge in [0.05, 0.1) is 19.6 Å². The predicted octanol–water partition coefficient (Wildman–Crippen LogP) is 5.47. The molecule has 24 heavy (non-hydrogen) atoms. The summed E-state index contributed by atoms with van der Waals surface area (Å²) in [6.07, 6.45) is 5.79. The van der Waals surface area contributed by atoms with Gasteiger partial charge in [-0.15, -0.1) is 0 Å². The van der Waals surface area contributed by atoms with Crippen LogP contribution in [-0.4, -0.2) is 19.7 Å². The van der Waals surface area contributed by atoms with Crippen LogP contribution in [0.3, 0.4) is 0 Å². The molecule has 0 aliphatic heterocycles. The van der Waals surface area contributed by atoms with Crippen LogP contribution in [0.2, 0.25) is 0 Å². The minimum atomic E-state index is -0.243. The van der Waals surface area contributed by atoms with E-state index in [-0.39, 0.29) is 11.9 Å². The molecule has 0 unspecified atom stereocenters. The molecule has 0 radical (unpaired) electrons. The molecule has 130 valence electrons. The molecular formula is C21H28O3. The summed E-state index contributed by atoms with van der Waals surface area (Å²) in [5.41, 5.74) is 0.989. The smallest absolute Gasteiger partial charge is 0.313 e. The summed E-state index contributed by atoms with van der Waals surface area (Å²) in [4.78, 5) is 12.2. The van der Waals surface area contributed by atoms with Crippen LogP contribution in [0.25, 0.3) is 10.8 Å². The molecule has 0 amide bonds. The van der Waals surface area contributed by atoms with E-state index < -0.39 is 0 Å². The lowest BCUT2D eigenvalue weighted by Gasteiger charge is -2.13. The summed E-state index contributed by atoms with van der Waals surface area (Å²) in [6, 6.07) is 12.0. The first-order valence-corrected chi connectivity index (χ1v) is 8.90. The lowest BCUT2D eigenvalue weighted by atomic mass is 9.98. The number of carbonyl (C=O) groups is 1. The molecule has 0 aliphatic carbocycles. The number of hydrogen-bond acceptors (Lipinski definition) is 3. The fourth-order valence-corrected chi connectivity index (χ4v) is 2.78. The second kappa shape index (κ2) is 9.31. The number of hydrogen-bond donors (Lipinski definition) is 0. The highest BCUT2D eigenvalue weighted by molar-refractivity contribution is 5.86. The predicted molar refractivity (Wildman–Crippen MR) is 98.6 cm³/mol. The Morgan fingerprint density at radius 2 is 1.71 bits per heavy atom. The van der Waals surface area contributed by atoms with Gasteiger partial charge in [-0.1, -0.05) is 56.9 Å². The number of unbranched alkanes of at least 4 members (excludes halogenated alkanes) is 4. The molecule has 3 heteroatoms. The Kier molecular flexibility index (Phi) is 7.10. The van der Waals surface area contributed by atoms with Crippen molar-refractivity contribution in [1.82, 2.24) is 0 Å². The number of rotatable bonds is 9. The van der Waals surface area contributed by atoms with Crippen LogP contribution < -0.4 is 4.74 Å². The first-order valence-electron chi connectivity index (χ1n) is 8.90. The topological polar surface area (TPSA) is 35.5 Å². The van der Waals surface area contributed by atoms with Gasteiger partial charge in [-0.3, -0.25) is 4.79 Å². The molecule has 0 saturated heterocycles. The molecule has 0 bridgehead atoms. The molecule has 1 atom stereocenters. The minimum absolute atomic E-state index is 0.140. The van der Waals surface area contributed by atoms with Gasteiger partial charge in [-0.2, -0.15) is 0 Å². The van der Waals surface area contributed by atoms with Crippen molar-refractivity contribution < 1.29 is 14.3 Å². The van der Waals surface area contributed by atoms with Gasteiger partial charge in [0.1, 0.15) is 5.75 Å². The summed E-state index contributed by atoms with van der Waals surface area (Å²) >= 11 is 0. The molecule has 0 spiro atoms. The van der Waals surface area contributed by atoms with E-state index in [1.165, 1.54) is 19.3 Å². The summed E-state index contributed by atoms with van der Waals surface area (Å²) in [6.45, 7) is 4.63. The third-order valence-corrected chi connectivity index (χ3v) is 4.42. The fraction of sp³-hybridized carbons (Fsp3) is 0.476. The lowest BCUT2D eigenvalue weighted by Crippen LogP contribution is -2.14. The first kappa shape index (κ1) is 18.3. The number of fused-ring (bicyclic) bond motifs is 1. The summed E-state index contributed by atoms with van der Waals surface area (Å²) in [5.74, 6) is 0.455. The molecule has 0 aliphatic rings. The molecule has 2 aromatic rings. The Balaban J connectivity index is 1.92.